The fourth-order valence-electron chi connectivity index (χ4n) is 5.41. The largest absolute Gasteiger partial charge is 0.480 e. The summed E-state index contributed by atoms with van der Waals surface area (Å²) in [6.45, 7) is 5.63. The second-order valence-corrected chi connectivity index (χ2v) is 11.9. The molecule has 39 heavy (non-hydrogen) atoms. The molecule has 210 valence electrons. The van der Waals surface area contributed by atoms with Crippen LogP contribution in [0.3, 0.4) is 0 Å². The van der Waals surface area contributed by atoms with E-state index in [2.05, 4.69) is 15.7 Å². The number of aliphatic carboxylic acids is 1. The third-order valence-electron chi connectivity index (χ3n) is 6.95. The Morgan fingerprint density at radius 1 is 1.26 bits per heavy atom. The van der Waals surface area contributed by atoms with Crippen molar-refractivity contribution in [1.29, 1.82) is 0 Å². The molecule has 6 N–H and O–H groups in total. The first-order valence-electron chi connectivity index (χ1n) is 12.3. The summed E-state index contributed by atoms with van der Waals surface area (Å²) in [6.07, 6.45) is 0.489. The minimum atomic E-state index is -1.55. The average molecular weight is 582 g/mol. The van der Waals surface area contributed by atoms with Crippen molar-refractivity contribution in [3.05, 3.63) is 81.5 Å². The average Bonchev–Trinajstić information content (AvgIpc) is 3.36. The molecule has 12 heteroatoms. The molecule has 8 nitrogen and oxygen atoms in total. The highest BCUT2D eigenvalue weighted by Gasteiger charge is 2.58. The lowest BCUT2D eigenvalue weighted by molar-refractivity contribution is -0.137. The highest BCUT2D eigenvalue weighted by Crippen LogP contribution is 2.50. The van der Waals surface area contributed by atoms with Crippen molar-refractivity contribution in [3.63, 3.8) is 0 Å². The van der Waals surface area contributed by atoms with Crippen LogP contribution >= 0.6 is 23.2 Å². The number of aromatic nitrogens is 2. The van der Waals surface area contributed by atoms with Crippen LogP contribution in [0.4, 0.5) is 14.6 Å². The highest BCUT2D eigenvalue weighted by molar-refractivity contribution is 6.31. The number of carboxylic acid groups (broad SMARTS) is 1. The van der Waals surface area contributed by atoms with Gasteiger partial charge in [-0.2, -0.15) is 5.10 Å². The van der Waals surface area contributed by atoms with Crippen LogP contribution in [-0.2, 0) is 16.9 Å². The molecule has 0 radical (unpaired) electrons. The minimum absolute atomic E-state index is 0.102. The number of rotatable bonds is 8. The van der Waals surface area contributed by atoms with E-state index >= 15 is 8.78 Å². The van der Waals surface area contributed by atoms with Crippen LogP contribution in [0.5, 0.6) is 0 Å². The quantitative estimate of drug-likeness (QED) is 0.244. The number of aliphatic hydroxyl groups is 1. The smallest absolute Gasteiger partial charge is 0.325 e. The Kier molecular flexibility index (Phi) is 8.26. The van der Waals surface area contributed by atoms with Crippen molar-refractivity contribution in [3.8, 4) is 0 Å². The zero-order chi connectivity index (χ0) is 28.7. The molecule has 1 aliphatic heterocycles. The van der Waals surface area contributed by atoms with E-state index in [9.17, 15) is 9.90 Å². The third kappa shape index (κ3) is 6.05. The molecule has 1 saturated heterocycles. The molecule has 1 fully saturated rings. The van der Waals surface area contributed by atoms with Crippen molar-refractivity contribution in [2.24, 2.45) is 11.1 Å². The van der Waals surface area contributed by atoms with Gasteiger partial charge in [0.05, 0.1) is 16.6 Å². The molecule has 0 amide bonds. The van der Waals surface area contributed by atoms with Gasteiger partial charge in [-0.25, -0.2) is 8.78 Å². The second kappa shape index (κ2) is 11.0. The number of aliphatic hydroxyl groups excluding tert-OH is 1. The van der Waals surface area contributed by atoms with Gasteiger partial charge in [0.15, 0.2) is 0 Å². The predicted molar refractivity (Wildman–Crippen MR) is 146 cm³/mol. The number of nitrogens with one attached hydrogen (secondary N) is 2. The number of carbonyl (C=O) groups is 1. The number of anilines is 1. The molecule has 1 aromatic heterocycles. The van der Waals surface area contributed by atoms with Gasteiger partial charge in [0.2, 0.25) is 0 Å². The first-order valence-corrected chi connectivity index (χ1v) is 13.1. The molecule has 1 aliphatic rings. The number of nitrogens with two attached hydrogens (primary N) is 1. The first-order chi connectivity index (χ1) is 18.2. The van der Waals surface area contributed by atoms with Crippen molar-refractivity contribution in [2.75, 3.05) is 5.32 Å². The standard InChI is InChI=1S/C27H31Cl2F2N5O3/c1-26(2,3)12-19-27(32,16-8-7-14(28)11-18(16)30)22(15-5-4-6-17(29)23(15)31)24(33-19)25(39)34-20-9-10-36(35-20)13-21(37)38/h4-11,19,22,24-25,33,39H,12-13,32H2,1-3H3,(H,34,35)(H,37,38)/t19-,22-,24+,25?,27+/m0/s1. The molecule has 2 aromatic carbocycles. The minimum Gasteiger partial charge on any atom is -0.480 e. The van der Waals surface area contributed by atoms with E-state index in [0.29, 0.717) is 6.42 Å². The molecule has 5 atom stereocenters. The lowest BCUT2D eigenvalue weighted by Crippen LogP contribution is -2.52. The van der Waals surface area contributed by atoms with Crippen molar-refractivity contribution >= 4 is 35.0 Å². The summed E-state index contributed by atoms with van der Waals surface area (Å²) in [5, 5.41) is 30.8. The fourth-order valence-corrected chi connectivity index (χ4v) is 5.75. The van der Waals surface area contributed by atoms with Crippen LogP contribution < -0.4 is 16.4 Å². The van der Waals surface area contributed by atoms with Gasteiger partial charge >= 0.3 is 5.97 Å². The number of hydrogen-bond donors (Lipinski definition) is 5. The number of nitrogens with zero attached hydrogens (tertiary/aromatic N) is 2. The molecule has 0 aliphatic carbocycles. The van der Waals surface area contributed by atoms with Crippen LogP contribution in [0.25, 0.3) is 0 Å². The van der Waals surface area contributed by atoms with Crippen molar-refractivity contribution in [1.82, 2.24) is 15.1 Å². The Hall–Kier alpha value is -2.76. The van der Waals surface area contributed by atoms with E-state index in [0.717, 1.165) is 6.07 Å². The molecule has 3 aromatic rings. The normalized spacial score (nSPS) is 24.1. The Morgan fingerprint density at radius 3 is 2.62 bits per heavy atom. The highest BCUT2D eigenvalue weighted by atomic mass is 35.5. The van der Waals surface area contributed by atoms with Gasteiger partial charge in [-0.3, -0.25) is 9.48 Å². The van der Waals surface area contributed by atoms with E-state index in [-0.39, 0.29) is 38.9 Å². The van der Waals surface area contributed by atoms with Crippen LogP contribution in [0.2, 0.25) is 10.0 Å². The van der Waals surface area contributed by atoms with E-state index in [1.54, 1.807) is 6.07 Å². The number of carboxylic acids is 1. The molecule has 4 rings (SSSR count). The van der Waals surface area contributed by atoms with Gasteiger partial charge in [0, 0.05) is 34.8 Å². The van der Waals surface area contributed by atoms with E-state index < -0.39 is 47.4 Å². The summed E-state index contributed by atoms with van der Waals surface area (Å²) in [4.78, 5) is 11.0. The molecule has 1 unspecified atom stereocenters. The zero-order valence-corrected chi connectivity index (χ0v) is 23.1. The van der Waals surface area contributed by atoms with E-state index in [4.69, 9.17) is 34.0 Å². The first kappa shape index (κ1) is 29.2. The topological polar surface area (TPSA) is 125 Å². The number of halogens is 4. The molecule has 0 bridgehead atoms. The maximum atomic E-state index is 15.6. The predicted octanol–water partition coefficient (Wildman–Crippen LogP) is 4.70. The maximum Gasteiger partial charge on any atom is 0.325 e. The third-order valence-corrected chi connectivity index (χ3v) is 7.48. The summed E-state index contributed by atoms with van der Waals surface area (Å²) >= 11 is 12.2. The van der Waals surface area contributed by atoms with Gasteiger partial charge in [-0.1, -0.05) is 62.2 Å². The Bertz CT molecular complexity index is 1370. The van der Waals surface area contributed by atoms with E-state index in [1.807, 2.05) is 20.8 Å². The van der Waals surface area contributed by atoms with E-state index in [1.165, 1.54) is 41.2 Å². The van der Waals surface area contributed by atoms with Gasteiger partial charge in [-0.15, -0.1) is 0 Å². The van der Waals surface area contributed by atoms with Crippen molar-refractivity contribution in [2.45, 2.75) is 63.5 Å². The maximum absolute atomic E-state index is 15.6. The lowest BCUT2D eigenvalue weighted by atomic mass is 9.68. The SMILES string of the molecule is CC(C)(C)C[C@@H]1N[C@@H](C(O)Nc2ccn(CC(=O)O)n2)[C@H](c2cccc(Cl)c2F)[C@@]1(N)c1ccc(Cl)cc1F. The molecule has 2 heterocycles. The van der Waals surface area contributed by atoms with Crippen LogP contribution in [-0.4, -0.2) is 44.3 Å². The monoisotopic (exact) mass is 581 g/mol. The van der Waals surface area contributed by atoms with Gasteiger partial charge < -0.3 is 26.6 Å². The molecule has 0 saturated carbocycles. The fraction of sp³-hybridized carbons (Fsp3) is 0.407. The lowest BCUT2D eigenvalue weighted by Gasteiger charge is -2.40. The van der Waals surface area contributed by atoms with Gasteiger partial charge in [0.25, 0.3) is 0 Å². The number of benzene rings is 2. The van der Waals surface area contributed by atoms with Crippen LogP contribution in [0.15, 0.2) is 48.7 Å². The zero-order valence-electron chi connectivity index (χ0n) is 21.6. The van der Waals surface area contributed by atoms with Crippen LogP contribution in [0, 0.1) is 17.0 Å². The molecule has 0 spiro atoms. The summed E-state index contributed by atoms with van der Waals surface area (Å²) in [6, 6.07) is 8.57. The Morgan fingerprint density at radius 2 is 1.97 bits per heavy atom. The second-order valence-electron chi connectivity index (χ2n) is 11.1. The Balaban J connectivity index is 1.85. The summed E-state index contributed by atoms with van der Waals surface area (Å²) in [7, 11) is 0. The molecular formula is C27H31Cl2F2N5O3. The number of hydrogen-bond acceptors (Lipinski definition) is 6. The van der Waals surface area contributed by atoms with Gasteiger partial charge in [-0.05, 0) is 35.6 Å². The van der Waals surface area contributed by atoms with Gasteiger partial charge in [0.1, 0.15) is 30.2 Å². The summed E-state index contributed by atoms with van der Waals surface area (Å²) in [5.41, 5.74) is 5.55. The summed E-state index contributed by atoms with van der Waals surface area (Å²) < 4.78 is 32.4. The summed E-state index contributed by atoms with van der Waals surface area (Å²) in [5.74, 6) is -3.29. The molecular weight excluding hydrogens is 551 g/mol. The van der Waals surface area contributed by atoms with Crippen LogP contribution in [0.1, 0.15) is 44.2 Å². The Labute approximate surface area is 235 Å². The van der Waals surface area contributed by atoms with Crippen molar-refractivity contribution < 1.29 is 23.8 Å².